The summed E-state index contributed by atoms with van der Waals surface area (Å²) in [7, 11) is -1.54. The van der Waals surface area contributed by atoms with Crippen LogP contribution in [0.2, 0.25) is 0 Å². The molecular weight excluding hydrogens is 356 g/mol. The SMILES string of the molecule is Cn1ccnc1-c1nccc2cc(S(=O)(=O)Cc3nccs3)ccc12. The van der Waals surface area contributed by atoms with Crippen LogP contribution in [0.25, 0.3) is 22.3 Å². The topological polar surface area (TPSA) is 77.7 Å². The van der Waals surface area contributed by atoms with E-state index in [2.05, 4.69) is 15.0 Å². The largest absolute Gasteiger partial charge is 0.333 e. The number of sulfone groups is 1. The molecule has 0 saturated carbocycles. The summed E-state index contributed by atoms with van der Waals surface area (Å²) in [4.78, 5) is 13.1. The average Bonchev–Trinajstić information content (AvgIpc) is 3.25. The second-order valence-electron chi connectivity index (χ2n) is 5.59. The Balaban J connectivity index is 1.80. The van der Waals surface area contributed by atoms with Gasteiger partial charge in [0, 0.05) is 42.6 Å². The number of aryl methyl sites for hydroxylation is 1. The summed E-state index contributed by atoms with van der Waals surface area (Å²) >= 11 is 1.34. The molecule has 4 rings (SSSR count). The van der Waals surface area contributed by atoms with Crippen molar-refractivity contribution < 1.29 is 8.42 Å². The van der Waals surface area contributed by atoms with E-state index < -0.39 is 9.84 Å². The Kier molecular flexibility index (Phi) is 3.85. The van der Waals surface area contributed by atoms with Gasteiger partial charge >= 0.3 is 0 Å². The smallest absolute Gasteiger partial charge is 0.184 e. The zero-order valence-corrected chi connectivity index (χ0v) is 15.0. The van der Waals surface area contributed by atoms with Crippen LogP contribution in [0.4, 0.5) is 0 Å². The standard InChI is InChI=1S/C17H14N4O2S2/c1-21-8-6-20-17(21)16-14-3-2-13(10-12(14)4-5-19-16)25(22,23)11-15-18-7-9-24-15/h2-10H,11H2,1H3. The molecule has 0 aliphatic rings. The Morgan fingerprint density at radius 3 is 2.68 bits per heavy atom. The number of fused-ring (bicyclic) bond motifs is 1. The van der Waals surface area contributed by atoms with Gasteiger partial charge in [-0.3, -0.25) is 4.98 Å². The average molecular weight is 370 g/mol. The van der Waals surface area contributed by atoms with Crippen LogP contribution in [0.3, 0.4) is 0 Å². The van der Waals surface area contributed by atoms with E-state index in [9.17, 15) is 8.42 Å². The van der Waals surface area contributed by atoms with Crippen LogP contribution in [0.15, 0.2) is 59.3 Å². The van der Waals surface area contributed by atoms with E-state index in [1.807, 2.05) is 23.9 Å². The van der Waals surface area contributed by atoms with Crippen molar-refractivity contribution in [1.29, 1.82) is 0 Å². The second kappa shape index (κ2) is 6.05. The maximum absolute atomic E-state index is 12.6. The first-order valence-electron chi connectivity index (χ1n) is 7.52. The predicted octanol–water partition coefficient (Wildman–Crippen LogP) is 3.07. The molecule has 3 aromatic heterocycles. The molecule has 25 heavy (non-hydrogen) atoms. The van der Waals surface area contributed by atoms with Crippen molar-refractivity contribution in [3.8, 4) is 11.5 Å². The molecule has 3 heterocycles. The highest BCUT2D eigenvalue weighted by atomic mass is 32.2. The maximum Gasteiger partial charge on any atom is 0.184 e. The minimum Gasteiger partial charge on any atom is -0.333 e. The summed E-state index contributed by atoms with van der Waals surface area (Å²) in [5, 5.41) is 4.04. The number of pyridine rings is 1. The van der Waals surface area contributed by atoms with E-state index in [4.69, 9.17) is 0 Å². The summed E-state index contributed by atoms with van der Waals surface area (Å²) in [6.07, 6.45) is 6.84. The molecule has 0 aliphatic carbocycles. The van der Waals surface area contributed by atoms with Gasteiger partial charge in [-0.05, 0) is 23.6 Å². The van der Waals surface area contributed by atoms with Gasteiger partial charge in [-0.15, -0.1) is 11.3 Å². The zero-order chi connectivity index (χ0) is 17.4. The number of rotatable bonds is 4. The lowest BCUT2D eigenvalue weighted by atomic mass is 10.1. The normalized spacial score (nSPS) is 11.9. The van der Waals surface area contributed by atoms with Crippen LogP contribution in [0.5, 0.6) is 0 Å². The number of thiazole rings is 1. The highest BCUT2D eigenvalue weighted by Gasteiger charge is 2.18. The molecule has 0 N–H and O–H groups in total. The van der Waals surface area contributed by atoms with Crippen LogP contribution in [0, 0.1) is 0 Å². The van der Waals surface area contributed by atoms with Gasteiger partial charge in [0.15, 0.2) is 15.7 Å². The molecule has 0 radical (unpaired) electrons. The van der Waals surface area contributed by atoms with Gasteiger partial charge in [-0.2, -0.15) is 0 Å². The van der Waals surface area contributed by atoms with E-state index in [-0.39, 0.29) is 10.6 Å². The molecule has 0 fully saturated rings. The molecule has 4 aromatic rings. The highest BCUT2D eigenvalue weighted by molar-refractivity contribution is 7.90. The first-order valence-corrected chi connectivity index (χ1v) is 10.1. The number of hydrogen-bond acceptors (Lipinski definition) is 6. The van der Waals surface area contributed by atoms with Gasteiger partial charge in [0.25, 0.3) is 0 Å². The summed E-state index contributed by atoms with van der Waals surface area (Å²) in [5.41, 5.74) is 0.730. The third-order valence-electron chi connectivity index (χ3n) is 3.92. The van der Waals surface area contributed by atoms with Crippen molar-refractivity contribution in [3.63, 3.8) is 0 Å². The number of imidazole rings is 1. The number of benzene rings is 1. The molecule has 0 amide bonds. The maximum atomic E-state index is 12.6. The lowest BCUT2D eigenvalue weighted by Gasteiger charge is -2.08. The zero-order valence-electron chi connectivity index (χ0n) is 13.3. The fourth-order valence-electron chi connectivity index (χ4n) is 2.69. The van der Waals surface area contributed by atoms with E-state index >= 15 is 0 Å². The molecule has 8 heteroatoms. The number of nitrogens with zero attached hydrogens (tertiary/aromatic N) is 4. The molecule has 0 atom stereocenters. The van der Waals surface area contributed by atoms with Crippen LogP contribution in [0.1, 0.15) is 5.01 Å². The summed E-state index contributed by atoms with van der Waals surface area (Å²) in [6.45, 7) is 0. The van der Waals surface area contributed by atoms with E-state index in [1.165, 1.54) is 11.3 Å². The molecule has 0 spiro atoms. The Morgan fingerprint density at radius 1 is 1.08 bits per heavy atom. The lowest BCUT2D eigenvalue weighted by molar-refractivity contribution is 0.595. The van der Waals surface area contributed by atoms with Gasteiger partial charge in [0.1, 0.15) is 16.5 Å². The minimum atomic E-state index is -3.44. The van der Waals surface area contributed by atoms with E-state index in [0.29, 0.717) is 5.01 Å². The van der Waals surface area contributed by atoms with E-state index in [1.54, 1.807) is 42.2 Å². The third-order valence-corrected chi connectivity index (χ3v) is 6.51. The molecule has 0 aliphatic heterocycles. The van der Waals surface area contributed by atoms with Crippen molar-refractivity contribution in [1.82, 2.24) is 19.5 Å². The van der Waals surface area contributed by atoms with E-state index in [0.717, 1.165) is 22.3 Å². The molecule has 1 aromatic carbocycles. The second-order valence-corrected chi connectivity index (χ2v) is 8.56. The highest BCUT2D eigenvalue weighted by Crippen LogP contribution is 2.28. The van der Waals surface area contributed by atoms with Gasteiger partial charge < -0.3 is 4.57 Å². The van der Waals surface area contributed by atoms with Gasteiger partial charge in [-0.25, -0.2) is 18.4 Å². The number of aromatic nitrogens is 4. The Morgan fingerprint density at radius 2 is 1.96 bits per heavy atom. The van der Waals surface area contributed by atoms with Crippen LogP contribution >= 0.6 is 11.3 Å². The lowest BCUT2D eigenvalue weighted by Crippen LogP contribution is -2.05. The Hall–Kier alpha value is -2.58. The number of hydrogen-bond donors (Lipinski definition) is 0. The van der Waals surface area contributed by atoms with Crippen molar-refractivity contribution in [3.05, 3.63) is 59.4 Å². The Labute approximate surface area is 148 Å². The van der Waals surface area contributed by atoms with Gasteiger partial charge in [0.2, 0.25) is 0 Å². The predicted molar refractivity (Wildman–Crippen MR) is 96.9 cm³/mol. The first-order chi connectivity index (χ1) is 12.0. The van der Waals surface area contributed by atoms with Crippen LogP contribution in [-0.4, -0.2) is 27.9 Å². The molecule has 0 saturated heterocycles. The van der Waals surface area contributed by atoms with Gasteiger partial charge in [-0.1, -0.05) is 6.07 Å². The van der Waals surface area contributed by atoms with Crippen molar-refractivity contribution in [2.75, 3.05) is 0 Å². The minimum absolute atomic E-state index is 0.0898. The summed E-state index contributed by atoms with van der Waals surface area (Å²) < 4.78 is 27.2. The quantitative estimate of drug-likeness (QED) is 0.552. The first kappa shape index (κ1) is 15.9. The monoisotopic (exact) mass is 370 g/mol. The Bertz CT molecular complexity index is 1150. The molecular formula is C17H14N4O2S2. The fourth-order valence-corrected chi connectivity index (χ4v) is 4.98. The van der Waals surface area contributed by atoms with Crippen LogP contribution in [-0.2, 0) is 22.6 Å². The summed E-state index contributed by atoms with van der Waals surface area (Å²) in [6, 6.07) is 6.91. The van der Waals surface area contributed by atoms with Crippen LogP contribution < -0.4 is 0 Å². The molecule has 0 unspecified atom stereocenters. The van der Waals surface area contributed by atoms with Crippen molar-refractivity contribution in [2.24, 2.45) is 7.05 Å². The fraction of sp³-hybridized carbons (Fsp3) is 0.118. The molecule has 6 nitrogen and oxygen atoms in total. The third kappa shape index (κ3) is 2.94. The summed E-state index contributed by atoms with van der Waals surface area (Å²) in [5.74, 6) is 0.650. The van der Waals surface area contributed by atoms with Gasteiger partial charge in [0.05, 0.1) is 4.90 Å². The van der Waals surface area contributed by atoms with Crippen molar-refractivity contribution in [2.45, 2.75) is 10.6 Å². The molecule has 0 bridgehead atoms. The molecule has 126 valence electrons. The van der Waals surface area contributed by atoms with Crippen molar-refractivity contribution >= 4 is 31.9 Å².